The molecule has 0 aromatic carbocycles. The second-order valence-electron chi connectivity index (χ2n) is 6.20. The number of hydrogen-bond acceptors (Lipinski definition) is 5. The summed E-state index contributed by atoms with van der Waals surface area (Å²) in [6, 6.07) is 2.96. The van der Waals surface area contributed by atoms with Crippen LogP contribution in [0.3, 0.4) is 0 Å². The number of thiophene rings is 1. The number of nitrogens with one attached hydrogen (secondary N) is 1. The Labute approximate surface area is 157 Å². The van der Waals surface area contributed by atoms with Gasteiger partial charge in [-0.3, -0.25) is 4.79 Å². The van der Waals surface area contributed by atoms with Crippen molar-refractivity contribution in [2.24, 2.45) is 0 Å². The van der Waals surface area contributed by atoms with Crippen LogP contribution in [0.1, 0.15) is 39.5 Å². The van der Waals surface area contributed by atoms with Gasteiger partial charge in [0.2, 0.25) is 0 Å². The Bertz CT molecular complexity index is 1080. The van der Waals surface area contributed by atoms with E-state index < -0.39 is 6.43 Å². The summed E-state index contributed by atoms with van der Waals surface area (Å²) in [4.78, 5) is 20.7. The molecule has 0 saturated heterocycles. The van der Waals surface area contributed by atoms with Gasteiger partial charge in [0.1, 0.15) is 12.0 Å². The summed E-state index contributed by atoms with van der Waals surface area (Å²) in [5, 5.41) is 8.93. The quantitative estimate of drug-likeness (QED) is 0.726. The summed E-state index contributed by atoms with van der Waals surface area (Å²) >= 11 is 1.39. The van der Waals surface area contributed by atoms with E-state index in [1.54, 1.807) is 6.08 Å². The minimum atomic E-state index is -2.72. The van der Waals surface area contributed by atoms with E-state index >= 15 is 0 Å². The second kappa shape index (κ2) is 6.66. The Morgan fingerprint density at radius 2 is 2.30 bits per heavy atom. The standard InChI is InChI=1S/C18H15F2N5OS/c1-3-10(11-5-12(11)23-17(26)15-4-9(2)7-27-15)14-6-13(16(19)20)24-18-21-8-22-25(14)18/h3-4,6-8,12,16H,1,5H2,2H3,(H,23,26)/b11-10-/t12-/m1/s1. The molecule has 4 rings (SSSR count). The molecule has 1 saturated carbocycles. The van der Waals surface area contributed by atoms with Crippen molar-refractivity contribution in [1.29, 1.82) is 0 Å². The van der Waals surface area contributed by atoms with Crippen molar-refractivity contribution in [2.75, 3.05) is 0 Å². The Hall–Kier alpha value is -2.94. The van der Waals surface area contributed by atoms with E-state index in [0.717, 1.165) is 11.1 Å². The number of amides is 1. The van der Waals surface area contributed by atoms with Crippen LogP contribution in [0.4, 0.5) is 8.78 Å². The molecule has 1 N–H and O–H groups in total. The van der Waals surface area contributed by atoms with Gasteiger partial charge in [-0.2, -0.15) is 14.6 Å². The minimum Gasteiger partial charge on any atom is -0.345 e. The lowest BCUT2D eigenvalue weighted by Crippen LogP contribution is -2.25. The van der Waals surface area contributed by atoms with E-state index in [1.807, 2.05) is 18.4 Å². The highest BCUT2D eigenvalue weighted by Gasteiger charge is 2.35. The Morgan fingerprint density at radius 1 is 1.48 bits per heavy atom. The molecule has 0 unspecified atom stereocenters. The Kier molecular flexibility index (Phi) is 4.31. The van der Waals surface area contributed by atoms with Crippen molar-refractivity contribution in [2.45, 2.75) is 25.8 Å². The normalized spacial score (nSPS) is 18.0. The van der Waals surface area contributed by atoms with Gasteiger partial charge in [-0.15, -0.1) is 11.3 Å². The number of fused-ring (bicyclic) bond motifs is 1. The smallest absolute Gasteiger partial charge is 0.280 e. The average Bonchev–Trinajstić information content (AvgIpc) is 3.04. The molecule has 3 aromatic heterocycles. The molecule has 3 aromatic rings. The predicted octanol–water partition coefficient (Wildman–Crippen LogP) is 3.57. The molecular weight excluding hydrogens is 372 g/mol. The first-order valence-corrected chi connectivity index (χ1v) is 9.06. The van der Waals surface area contributed by atoms with Crippen LogP contribution < -0.4 is 5.32 Å². The zero-order chi connectivity index (χ0) is 19.1. The summed E-state index contributed by atoms with van der Waals surface area (Å²) in [5.74, 6) is -0.0524. The lowest BCUT2D eigenvalue weighted by Gasteiger charge is -2.08. The fourth-order valence-corrected chi connectivity index (χ4v) is 3.71. The Balaban J connectivity index is 1.67. The van der Waals surface area contributed by atoms with Gasteiger partial charge in [-0.1, -0.05) is 12.7 Å². The zero-order valence-corrected chi connectivity index (χ0v) is 15.1. The van der Waals surface area contributed by atoms with Crippen molar-refractivity contribution < 1.29 is 13.6 Å². The van der Waals surface area contributed by atoms with Crippen molar-refractivity contribution in [3.8, 4) is 0 Å². The van der Waals surface area contributed by atoms with Crippen molar-refractivity contribution in [3.05, 3.63) is 63.9 Å². The lowest BCUT2D eigenvalue weighted by atomic mass is 10.1. The number of carbonyl (C=O) groups is 1. The van der Waals surface area contributed by atoms with Crippen molar-refractivity contribution >= 4 is 28.6 Å². The van der Waals surface area contributed by atoms with E-state index in [-0.39, 0.29) is 23.4 Å². The van der Waals surface area contributed by atoms with Crippen molar-refractivity contribution in [3.63, 3.8) is 0 Å². The number of rotatable bonds is 5. The average molecular weight is 387 g/mol. The van der Waals surface area contributed by atoms with Gasteiger partial charge >= 0.3 is 0 Å². The number of hydrogen-bond donors (Lipinski definition) is 1. The van der Waals surface area contributed by atoms with Gasteiger partial charge in [-0.05, 0) is 42.0 Å². The summed E-state index contributed by atoms with van der Waals surface area (Å²) in [7, 11) is 0. The third kappa shape index (κ3) is 3.25. The first kappa shape index (κ1) is 17.5. The highest BCUT2D eigenvalue weighted by Crippen LogP contribution is 2.38. The molecule has 0 bridgehead atoms. The second-order valence-corrected chi connectivity index (χ2v) is 7.11. The van der Waals surface area contributed by atoms with Gasteiger partial charge in [0.05, 0.1) is 16.6 Å². The predicted molar refractivity (Wildman–Crippen MR) is 97.8 cm³/mol. The van der Waals surface area contributed by atoms with Crippen LogP contribution in [-0.2, 0) is 0 Å². The molecule has 1 fully saturated rings. The first-order chi connectivity index (χ1) is 13.0. The number of allylic oxidation sites excluding steroid dienone is 2. The largest absolute Gasteiger partial charge is 0.345 e. The van der Waals surface area contributed by atoms with Crippen molar-refractivity contribution in [1.82, 2.24) is 24.9 Å². The molecule has 27 heavy (non-hydrogen) atoms. The van der Waals surface area contributed by atoms with Crippen LogP contribution in [0.5, 0.6) is 0 Å². The van der Waals surface area contributed by atoms with E-state index in [9.17, 15) is 13.6 Å². The van der Waals surface area contributed by atoms with Crippen LogP contribution in [0, 0.1) is 6.92 Å². The molecule has 6 nitrogen and oxygen atoms in total. The number of alkyl halides is 2. The molecule has 1 atom stereocenters. The molecule has 3 heterocycles. The third-order valence-corrected chi connectivity index (χ3v) is 5.31. The van der Waals surface area contributed by atoms with Crippen LogP contribution >= 0.6 is 11.3 Å². The molecule has 0 spiro atoms. The number of aryl methyl sites for hydroxylation is 1. The molecule has 0 radical (unpaired) electrons. The monoisotopic (exact) mass is 387 g/mol. The maximum Gasteiger partial charge on any atom is 0.280 e. The van der Waals surface area contributed by atoms with E-state index in [1.165, 1.54) is 28.2 Å². The molecule has 1 aliphatic rings. The number of aromatic nitrogens is 4. The summed E-state index contributed by atoms with van der Waals surface area (Å²) in [6.07, 6.45) is 0.749. The van der Waals surface area contributed by atoms with Crippen LogP contribution in [0.2, 0.25) is 0 Å². The van der Waals surface area contributed by atoms with Gasteiger partial charge < -0.3 is 5.32 Å². The topological polar surface area (TPSA) is 72.2 Å². The zero-order valence-electron chi connectivity index (χ0n) is 14.3. The van der Waals surface area contributed by atoms with Gasteiger partial charge in [-0.25, -0.2) is 13.8 Å². The summed E-state index contributed by atoms with van der Waals surface area (Å²) in [5.41, 5.74) is 2.66. The summed E-state index contributed by atoms with van der Waals surface area (Å²) in [6.45, 7) is 5.73. The van der Waals surface area contributed by atoms with Crippen LogP contribution in [-0.4, -0.2) is 31.5 Å². The molecular formula is C18H15F2N5OS. The molecule has 138 valence electrons. The van der Waals surface area contributed by atoms with Crippen LogP contribution in [0.15, 0.2) is 42.1 Å². The molecule has 0 aliphatic heterocycles. The highest BCUT2D eigenvalue weighted by atomic mass is 32.1. The molecule has 1 aliphatic carbocycles. The van der Waals surface area contributed by atoms with Gasteiger partial charge in [0.25, 0.3) is 18.1 Å². The van der Waals surface area contributed by atoms with Gasteiger partial charge in [0.15, 0.2) is 0 Å². The van der Waals surface area contributed by atoms with E-state index in [0.29, 0.717) is 22.6 Å². The Morgan fingerprint density at radius 3 is 2.96 bits per heavy atom. The molecule has 9 heteroatoms. The number of halogens is 2. The summed E-state index contributed by atoms with van der Waals surface area (Å²) < 4.78 is 27.8. The SMILES string of the molecule is C=C/C(=C1\C[C@H]1NC(=O)c1cc(C)cs1)c1cc(C(F)F)nc2ncnn12. The third-order valence-electron chi connectivity index (χ3n) is 4.27. The number of carbonyl (C=O) groups excluding carboxylic acids is 1. The van der Waals surface area contributed by atoms with E-state index in [2.05, 4.69) is 27.0 Å². The number of nitrogens with zero attached hydrogens (tertiary/aromatic N) is 4. The highest BCUT2D eigenvalue weighted by molar-refractivity contribution is 7.12. The fourth-order valence-electron chi connectivity index (χ4n) is 2.91. The maximum atomic E-state index is 13.2. The van der Waals surface area contributed by atoms with Gasteiger partial charge in [0, 0.05) is 5.57 Å². The minimum absolute atomic E-state index is 0.0954. The first-order valence-electron chi connectivity index (χ1n) is 8.18. The fraction of sp³-hybridized carbons (Fsp3) is 0.222. The molecule has 1 amide bonds. The maximum absolute atomic E-state index is 13.2. The van der Waals surface area contributed by atoms with E-state index in [4.69, 9.17) is 0 Å². The lowest BCUT2D eigenvalue weighted by molar-refractivity contribution is 0.0956. The van der Waals surface area contributed by atoms with Crippen LogP contribution in [0.25, 0.3) is 11.4 Å².